The molecule has 2 aromatic rings. The highest BCUT2D eigenvalue weighted by atomic mass is 16.1. The number of benzene rings is 1. The van der Waals surface area contributed by atoms with E-state index in [0.717, 1.165) is 19.4 Å². The van der Waals surface area contributed by atoms with E-state index in [4.69, 9.17) is 0 Å². The summed E-state index contributed by atoms with van der Waals surface area (Å²) < 4.78 is 0. The van der Waals surface area contributed by atoms with E-state index in [2.05, 4.69) is 34.7 Å². The van der Waals surface area contributed by atoms with Crippen LogP contribution in [0.5, 0.6) is 0 Å². The number of carbonyl (C=O) groups is 1. The summed E-state index contributed by atoms with van der Waals surface area (Å²) in [7, 11) is 0. The van der Waals surface area contributed by atoms with Gasteiger partial charge in [-0.15, -0.1) is 0 Å². The zero-order chi connectivity index (χ0) is 11.9. The highest BCUT2D eigenvalue weighted by molar-refractivity contribution is 5.85. The molecule has 1 fully saturated rings. The lowest BCUT2D eigenvalue weighted by Gasteiger charge is -2.14. The Kier molecular flexibility index (Phi) is 2.21. The van der Waals surface area contributed by atoms with Gasteiger partial charge in [0.05, 0.1) is 0 Å². The molecule has 0 atom stereocenters. The Morgan fingerprint density at radius 1 is 1.41 bits per heavy atom. The van der Waals surface area contributed by atoms with Crippen LogP contribution in [0, 0.1) is 0 Å². The SMILES string of the molecule is CC(=O)NCC1(c2c[nH]c3ccccc23)CC1. The second-order valence-electron chi connectivity index (χ2n) is 4.94. The second kappa shape index (κ2) is 3.62. The number of carbonyl (C=O) groups excluding carboxylic acids is 1. The first-order valence-corrected chi connectivity index (χ1v) is 6.02. The second-order valence-corrected chi connectivity index (χ2v) is 4.94. The summed E-state index contributed by atoms with van der Waals surface area (Å²) in [5, 5.41) is 4.24. The molecule has 0 spiro atoms. The van der Waals surface area contributed by atoms with Crippen LogP contribution in [0.3, 0.4) is 0 Å². The van der Waals surface area contributed by atoms with Crippen LogP contribution in [0.2, 0.25) is 0 Å². The number of hydrogen-bond donors (Lipinski definition) is 2. The van der Waals surface area contributed by atoms with Gasteiger partial charge in [-0.2, -0.15) is 0 Å². The Morgan fingerprint density at radius 2 is 2.18 bits per heavy atom. The van der Waals surface area contributed by atoms with E-state index < -0.39 is 0 Å². The van der Waals surface area contributed by atoms with E-state index >= 15 is 0 Å². The molecule has 2 N–H and O–H groups in total. The Balaban J connectivity index is 1.95. The Labute approximate surface area is 100 Å². The van der Waals surface area contributed by atoms with Crippen molar-refractivity contribution >= 4 is 16.8 Å². The van der Waals surface area contributed by atoms with Crippen LogP contribution in [-0.4, -0.2) is 17.4 Å². The number of para-hydroxylation sites is 1. The maximum atomic E-state index is 11.0. The van der Waals surface area contributed by atoms with Crippen LogP contribution in [-0.2, 0) is 10.2 Å². The smallest absolute Gasteiger partial charge is 0.216 e. The average Bonchev–Trinajstić information content (AvgIpc) is 2.99. The molecule has 0 aliphatic heterocycles. The molecule has 3 heteroatoms. The van der Waals surface area contributed by atoms with Gasteiger partial charge >= 0.3 is 0 Å². The number of H-pyrrole nitrogens is 1. The largest absolute Gasteiger partial charge is 0.361 e. The zero-order valence-corrected chi connectivity index (χ0v) is 9.92. The molecule has 1 aromatic heterocycles. The van der Waals surface area contributed by atoms with Crippen LogP contribution >= 0.6 is 0 Å². The predicted octanol–water partition coefficient (Wildman–Crippen LogP) is 2.34. The molecule has 1 aliphatic carbocycles. The van der Waals surface area contributed by atoms with E-state index in [-0.39, 0.29) is 11.3 Å². The third-order valence-electron chi connectivity index (χ3n) is 3.69. The van der Waals surface area contributed by atoms with Gasteiger partial charge in [-0.1, -0.05) is 18.2 Å². The summed E-state index contributed by atoms with van der Waals surface area (Å²) in [4.78, 5) is 14.3. The third-order valence-corrected chi connectivity index (χ3v) is 3.69. The quantitative estimate of drug-likeness (QED) is 0.832. The van der Waals surface area contributed by atoms with Gasteiger partial charge in [-0.25, -0.2) is 0 Å². The van der Waals surface area contributed by atoms with Crippen molar-refractivity contribution in [2.24, 2.45) is 0 Å². The van der Waals surface area contributed by atoms with Crippen LogP contribution in [0.25, 0.3) is 10.9 Å². The van der Waals surface area contributed by atoms with E-state index in [1.165, 1.54) is 16.5 Å². The van der Waals surface area contributed by atoms with E-state index in [0.29, 0.717) is 0 Å². The van der Waals surface area contributed by atoms with Gasteiger partial charge in [0, 0.05) is 36.0 Å². The first-order chi connectivity index (χ1) is 8.21. The van der Waals surface area contributed by atoms with Gasteiger partial charge < -0.3 is 10.3 Å². The fourth-order valence-corrected chi connectivity index (χ4v) is 2.50. The first-order valence-electron chi connectivity index (χ1n) is 6.02. The molecule has 0 bridgehead atoms. The average molecular weight is 228 g/mol. The van der Waals surface area contributed by atoms with Crippen LogP contribution in [0.15, 0.2) is 30.5 Å². The van der Waals surface area contributed by atoms with E-state index in [1.54, 1.807) is 6.92 Å². The lowest BCUT2D eigenvalue weighted by atomic mass is 9.95. The Morgan fingerprint density at radius 3 is 2.88 bits per heavy atom. The molecule has 1 aromatic carbocycles. The third kappa shape index (κ3) is 1.71. The molecule has 88 valence electrons. The summed E-state index contributed by atoms with van der Waals surface area (Å²) >= 11 is 0. The topological polar surface area (TPSA) is 44.9 Å². The summed E-state index contributed by atoms with van der Waals surface area (Å²) in [6.45, 7) is 2.33. The van der Waals surface area contributed by atoms with Gasteiger partial charge in [0.1, 0.15) is 0 Å². The number of amides is 1. The number of aromatic nitrogens is 1. The normalized spacial score (nSPS) is 17.0. The molecular weight excluding hydrogens is 212 g/mol. The summed E-state index contributed by atoms with van der Waals surface area (Å²) in [6, 6.07) is 8.34. The van der Waals surface area contributed by atoms with Gasteiger partial charge in [-0.05, 0) is 24.5 Å². The molecular formula is C14H16N2O. The standard InChI is InChI=1S/C14H16N2O/c1-10(17)16-9-14(6-7-14)12-8-15-13-5-3-2-4-11(12)13/h2-5,8,15H,6-7,9H2,1H3,(H,16,17). The van der Waals surface area contributed by atoms with Crippen LogP contribution in [0.4, 0.5) is 0 Å². The fourth-order valence-electron chi connectivity index (χ4n) is 2.50. The number of nitrogens with one attached hydrogen (secondary N) is 2. The fraction of sp³-hybridized carbons (Fsp3) is 0.357. The minimum Gasteiger partial charge on any atom is -0.361 e. The van der Waals surface area contributed by atoms with Crippen molar-refractivity contribution in [1.82, 2.24) is 10.3 Å². The maximum absolute atomic E-state index is 11.0. The number of aromatic amines is 1. The molecule has 17 heavy (non-hydrogen) atoms. The molecule has 1 aliphatic rings. The lowest BCUT2D eigenvalue weighted by Crippen LogP contribution is -2.30. The first kappa shape index (κ1) is 10.4. The molecule has 1 saturated carbocycles. The number of fused-ring (bicyclic) bond motifs is 1. The number of hydrogen-bond acceptors (Lipinski definition) is 1. The van der Waals surface area contributed by atoms with Gasteiger partial charge in [0.2, 0.25) is 5.91 Å². The van der Waals surface area contributed by atoms with E-state index in [1.807, 2.05) is 6.07 Å². The molecule has 0 saturated heterocycles. The van der Waals surface area contributed by atoms with Crippen molar-refractivity contribution in [2.45, 2.75) is 25.2 Å². The van der Waals surface area contributed by atoms with Crippen molar-refractivity contribution in [1.29, 1.82) is 0 Å². The van der Waals surface area contributed by atoms with Crippen molar-refractivity contribution in [3.8, 4) is 0 Å². The van der Waals surface area contributed by atoms with Crippen LogP contribution in [0.1, 0.15) is 25.3 Å². The number of rotatable bonds is 3. The van der Waals surface area contributed by atoms with Gasteiger partial charge in [0.15, 0.2) is 0 Å². The minimum absolute atomic E-state index is 0.0520. The Hall–Kier alpha value is -1.77. The molecule has 1 amide bonds. The van der Waals surface area contributed by atoms with Crippen molar-refractivity contribution in [3.63, 3.8) is 0 Å². The highest BCUT2D eigenvalue weighted by Crippen LogP contribution is 2.49. The predicted molar refractivity (Wildman–Crippen MR) is 67.9 cm³/mol. The maximum Gasteiger partial charge on any atom is 0.216 e. The van der Waals surface area contributed by atoms with Gasteiger partial charge in [0.25, 0.3) is 0 Å². The lowest BCUT2D eigenvalue weighted by molar-refractivity contribution is -0.119. The molecule has 0 unspecified atom stereocenters. The van der Waals surface area contributed by atoms with Crippen molar-refractivity contribution in [2.75, 3.05) is 6.54 Å². The van der Waals surface area contributed by atoms with Crippen LogP contribution < -0.4 is 5.32 Å². The van der Waals surface area contributed by atoms with E-state index in [9.17, 15) is 4.79 Å². The molecule has 0 radical (unpaired) electrons. The molecule has 1 heterocycles. The molecule has 3 rings (SSSR count). The summed E-state index contributed by atoms with van der Waals surface area (Å²) in [6.07, 6.45) is 4.42. The van der Waals surface area contributed by atoms with Crippen molar-refractivity contribution in [3.05, 3.63) is 36.0 Å². The van der Waals surface area contributed by atoms with Crippen molar-refractivity contribution < 1.29 is 4.79 Å². The zero-order valence-electron chi connectivity index (χ0n) is 9.92. The summed E-state index contributed by atoms with van der Waals surface area (Å²) in [5.41, 5.74) is 2.70. The summed E-state index contributed by atoms with van der Waals surface area (Å²) in [5.74, 6) is 0.0520. The Bertz CT molecular complexity index is 566. The minimum atomic E-state index is 0.0520. The molecule has 3 nitrogen and oxygen atoms in total. The monoisotopic (exact) mass is 228 g/mol. The van der Waals surface area contributed by atoms with Gasteiger partial charge in [-0.3, -0.25) is 4.79 Å². The highest BCUT2D eigenvalue weighted by Gasteiger charge is 2.45.